The molecule has 102 valence electrons. The molecule has 0 saturated carbocycles. The quantitative estimate of drug-likeness (QED) is 0.892. The van der Waals surface area contributed by atoms with Crippen LogP contribution in [-0.2, 0) is 10.2 Å². The minimum Gasteiger partial charge on any atom is -0.348 e. The summed E-state index contributed by atoms with van der Waals surface area (Å²) >= 11 is 6.36. The Morgan fingerprint density at radius 3 is 2.45 bits per heavy atom. The van der Waals surface area contributed by atoms with Crippen molar-refractivity contribution >= 4 is 17.5 Å². The van der Waals surface area contributed by atoms with Crippen LogP contribution < -0.4 is 5.32 Å². The van der Waals surface area contributed by atoms with E-state index in [1.165, 1.54) is 0 Å². The molecule has 2 atom stereocenters. The summed E-state index contributed by atoms with van der Waals surface area (Å²) in [5.41, 5.74) is 1.81. The van der Waals surface area contributed by atoms with Gasteiger partial charge in [-0.2, -0.15) is 0 Å². The first-order valence-corrected chi connectivity index (χ1v) is 7.08. The van der Waals surface area contributed by atoms with Crippen molar-refractivity contribution in [2.24, 2.45) is 0 Å². The molecule has 1 saturated heterocycles. The molecule has 2 unspecified atom stereocenters. The van der Waals surface area contributed by atoms with Crippen molar-refractivity contribution in [2.45, 2.75) is 24.8 Å². The summed E-state index contributed by atoms with van der Waals surface area (Å²) in [5, 5.41) is 3.80. The van der Waals surface area contributed by atoms with E-state index in [9.17, 15) is 4.79 Å². The molecule has 2 aromatic carbocycles. The van der Waals surface area contributed by atoms with Crippen LogP contribution in [0.1, 0.15) is 30.5 Å². The molecule has 0 aromatic heterocycles. The monoisotopic (exact) mass is 285 g/mol. The second-order valence-electron chi connectivity index (χ2n) is 5.49. The highest BCUT2D eigenvalue weighted by molar-refractivity contribution is 6.31. The van der Waals surface area contributed by atoms with Crippen LogP contribution in [0.15, 0.2) is 54.6 Å². The summed E-state index contributed by atoms with van der Waals surface area (Å²) in [7, 11) is 0. The van der Waals surface area contributed by atoms with Gasteiger partial charge in [-0.15, -0.1) is 0 Å². The molecule has 2 nitrogen and oxygen atoms in total. The molecule has 0 radical (unpaired) electrons. The van der Waals surface area contributed by atoms with Gasteiger partial charge in [-0.3, -0.25) is 4.79 Å². The first kappa shape index (κ1) is 13.2. The predicted octanol–water partition coefficient (Wildman–Crippen LogP) is 3.86. The minimum absolute atomic E-state index is 0.0453. The van der Waals surface area contributed by atoms with E-state index < -0.39 is 0 Å². The number of carbonyl (C=O) groups excluding carboxylic acids is 1. The number of carbonyl (C=O) groups is 1. The molecule has 1 fully saturated rings. The predicted molar refractivity (Wildman–Crippen MR) is 80.7 cm³/mol. The highest BCUT2D eigenvalue weighted by atomic mass is 35.5. The van der Waals surface area contributed by atoms with Gasteiger partial charge in [0.25, 0.3) is 0 Å². The van der Waals surface area contributed by atoms with Gasteiger partial charge in [-0.1, -0.05) is 67.1 Å². The standard InChI is InChI=1S/C17H16ClNO/c1-17(13-9-5-6-10-14(13)18)11-15(20)19-16(17)12-7-3-2-4-8-12/h2-10,16H,11H2,1H3,(H,19,20). The number of halogens is 1. The molecule has 1 N–H and O–H groups in total. The Kier molecular flexibility index (Phi) is 3.27. The molecule has 1 heterocycles. The lowest BCUT2D eigenvalue weighted by atomic mass is 9.73. The Morgan fingerprint density at radius 1 is 1.10 bits per heavy atom. The van der Waals surface area contributed by atoms with E-state index in [0.29, 0.717) is 11.4 Å². The van der Waals surface area contributed by atoms with Crippen molar-refractivity contribution in [1.82, 2.24) is 5.32 Å². The third kappa shape index (κ3) is 2.10. The Hall–Kier alpha value is -1.80. The number of rotatable bonds is 2. The molecule has 0 aliphatic carbocycles. The summed E-state index contributed by atoms with van der Waals surface area (Å²) < 4.78 is 0. The second kappa shape index (κ2) is 4.95. The highest BCUT2D eigenvalue weighted by Crippen LogP contribution is 2.46. The van der Waals surface area contributed by atoms with Crippen LogP contribution >= 0.6 is 11.6 Å². The lowest BCUT2D eigenvalue weighted by molar-refractivity contribution is -0.119. The first-order chi connectivity index (χ1) is 9.61. The lowest BCUT2D eigenvalue weighted by Gasteiger charge is -2.31. The van der Waals surface area contributed by atoms with Crippen LogP contribution in [0.3, 0.4) is 0 Å². The molecule has 0 spiro atoms. The van der Waals surface area contributed by atoms with E-state index in [2.05, 4.69) is 12.2 Å². The number of hydrogen-bond donors (Lipinski definition) is 1. The van der Waals surface area contributed by atoms with Gasteiger partial charge >= 0.3 is 0 Å². The summed E-state index contributed by atoms with van der Waals surface area (Å²) in [5.74, 6) is 0.0706. The molecule has 0 bridgehead atoms. The zero-order valence-electron chi connectivity index (χ0n) is 11.3. The molecule has 2 aromatic rings. The summed E-state index contributed by atoms with van der Waals surface area (Å²) in [6.07, 6.45) is 0.455. The van der Waals surface area contributed by atoms with Crippen LogP contribution in [0.25, 0.3) is 0 Å². The van der Waals surface area contributed by atoms with Gasteiger partial charge < -0.3 is 5.32 Å². The fourth-order valence-corrected chi connectivity index (χ4v) is 3.43. The molecule has 1 aliphatic rings. The molecule has 1 amide bonds. The van der Waals surface area contributed by atoms with Crippen LogP contribution in [0, 0.1) is 0 Å². The summed E-state index contributed by atoms with van der Waals surface area (Å²) in [6, 6.07) is 17.8. The molecule has 20 heavy (non-hydrogen) atoms. The fraction of sp³-hybridized carbons (Fsp3) is 0.235. The largest absolute Gasteiger partial charge is 0.348 e. The lowest BCUT2D eigenvalue weighted by Crippen LogP contribution is -2.30. The zero-order chi connectivity index (χ0) is 14.2. The number of hydrogen-bond acceptors (Lipinski definition) is 1. The van der Waals surface area contributed by atoms with Crippen molar-refractivity contribution in [2.75, 3.05) is 0 Å². The Balaban J connectivity index is 2.10. The van der Waals surface area contributed by atoms with Crippen molar-refractivity contribution in [3.05, 3.63) is 70.7 Å². The average Bonchev–Trinajstić information content (AvgIpc) is 2.76. The normalized spacial score (nSPS) is 25.5. The van der Waals surface area contributed by atoms with Crippen molar-refractivity contribution in [3.8, 4) is 0 Å². The van der Waals surface area contributed by atoms with E-state index in [4.69, 9.17) is 11.6 Å². The fourth-order valence-electron chi connectivity index (χ4n) is 3.08. The van der Waals surface area contributed by atoms with E-state index in [1.54, 1.807) is 0 Å². The molecule has 1 aliphatic heterocycles. The Bertz CT molecular complexity index is 640. The van der Waals surface area contributed by atoms with Gasteiger partial charge in [0.2, 0.25) is 5.91 Å². The molecule has 3 heteroatoms. The van der Waals surface area contributed by atoms with Gasteiger partial charge in [0.15, 0.2) is 0 Å². The minimum atomic E-state index is -0.323. The number of amides is 1. The van der Waals surface area contributed by atoms with Crippen LogP contribution in [0.5, 0.6) is 0 Å². The van der Waals surface area contributed by atoms with Crippen molar-refractivity contribution in [3.63, 3.8) is 0 Å². The smallest absolute Gasteiger partial charge is 0.221 e. The number of nitrogens with one attached hydrogen (secondary N) is 1. The average molecular weight is 286 g/mol. The summed E-state index contributed by atoms with van der Waals surface area (Å²) in [4.78, 5) is 12.0. The van der Waals surface area contributed by atoms with Crippen LogP contribution in [0.4, 0.5) is 0 Å². The van der Waals surface area contributed by atoms with Gasteiger partial charge in [-0.25, -0.2) is 0 Å². The first-order valence-electron chi connectivity index (χ1n) is 6.70. The topological polar surface area (TPSA) is 29.1 Å². The maximum absolute atomic E-state index is 12.0. The molecule has 3 rings (SSSR count). The maximum Gasteiger partial charge on any atom is 0.221 e. The van der Waals surface area contributed by atoms with Gasteiger partial charge in [-0.05, 0) is 17.2 Å². The van der Waals surface area contributed by atoms with Crippen molar-refractivity contribution < 1.29 is 4.79 Å². The van der Waals surface area contributed by atoms with E-state index in [1.807, 2.05) is 54.6 Å². The molecular formula is C17H16ClNO. The summed E-state index contributed by atoms with van der Waals surface area (Å²) in [6.45, 7) is 2.10. The second-order valence-corrected chi connectivity index (χ2v) is 5.89. The third-order valence-corrected chi connectivity index (χ3v) is 4.42. The van der Waals surface area contributed by atoms with Crippen molar-refractivity contribution in [1.29, 1.82) is 0 Å². The van der Waals surface area contributed by atoms with E-state index in [0.717, 1.165) is 11.1 Å². The zero-order valence-corrected chi connectivity index (χ0v) is 12.0. The van der Waals surface area contributed by atoms with Gasteiger partial charge in [0, 0.05) is 16.9 Å². The van der Waals surface area contributed by atoms with Gasteiger partial charge in [0.1, 0.15) is 0 Å². The maximum atomic E-state index is 12.0. The third-order valence-electron chi connectivity index (χ3n) is 4.09. The van der Waals surface area contributed by atoms with Crippen LogP contribution in [-0.4, -0.2) is 5.91 Å². The molecular weight excluding hydrogens is 270 g/mol. The Morgan fingerprint density at radius 2 is 1.75 bits per heavy atom. The number of benzene rings is 2. The van der Waals surface area contributed by atoms with E-state index >= 15 is 0 Å². The van der Waals surface area contributed by atoms with E-state index in [-0.39, 0.29) is 17.4 Å². The Labute approximate surface area is 123 Å². The SMILES string of the molecule is CC1(c2ccccc2Cl)CC(=O)NC1c1ccccc1. The van der Waals surface area contributed by atoms with Crippen LogP contribution in [0.2, 0.25) is 5.02 Å². The highest BCUT2D eigenvalue weighted by Gasteiger charge is 2.46. The van der Waals surface area contributed by atoms with Gasteiger partial charge in [0.05, 0.1) is 6.04 Å².